The lowest BCUT2D eigenvalue weighted by Gasteiger charge is -2.41. The Bertz CT molecular complexity index is 1550. The number of nitrogens with zero attached hydrogens (tertiary/aromatic N) is 3. The first kappa shape index (κ1) is 26.6. The van der Waals surface area contributed by atoms with E-state index in [1.54, 1.807) is 47.5 Å². The lowest BCUT2D eigenvalue weighted by atomic mass is 9.74. The summed E-state index contributed by atoms with van der Waals surface area (Å²) >= 11 is 0. The van der Waals surface area contributed by atoms with Gasteiger partial charge in [0.2, 0.25) is 5.91 Å². The van der Waals surface area contributed by atoms with Crippen molar-refractivity contribution in [2.75, 3.05) is 30.9 Å². The maximum atomic E-state index is 13.3. The van der Waals surface area contributed by atoms with Crippen molar-refractivity contribution in [3.05, 3.63) is 90.7 Å². The number of sulfonamides is 1. The summed E-state index contributed by atoms with van der Waals surface area (Å²) in [6, 6.07) is 15.0. The molecule has 1 atom stereocenters. The van der Waals surface area contributed by atoms with Gasteiger partial charge in [-0.25, -0.2) is 8.42 Å². The molecule has 1 N–H and O–H groups in total. The lowest BCUT2D eigenvalue weighted by Crippen LogP contribution is -2.54. The van der Waals surface area contributed by atoms with Crippen molar-refractivity contribution in [1.29, 1.82) is 0 Å². The van der Waals surface area contributed by atoms with Gasteiger partial charge in [0.1, 0.15) is 4.90 Å². The van der Waals surface area contributed by atoms with Crippen molar-refractivity contribution in [2.45, 2.75) is 25.2 Å². The van der Waals surface area contributed by atoms with Crippen molar-refractivity contribution in [2.24, 2.45) is 11.3 Å². The third-order valence-electron chi connectivity index (χ3n) is 7.58. The van der Waals surface area contributed by atoms with Gasteiger partial charge < -0.3 is 9.80 Å². The summed E-state index contributed by atoms with van der Waals surface area (Å²) in [5.41, 5.74) is 0.693. The number of allylic oxidation sites excluding steroid dienone is 4. The number of carbonyl (C=O) groups excluding carboxylic acids is 2. The van der Waals surface area contributed by atoms with Gasteiger partial charge in [0.15, 0.2) is 0 Å². The van der Waals surface area contributed by atoms with E-state index in [1.807, 2.05) is 43.0 Å². The lowest BCUT2D eigenvalue weighted by molar-refractivity contribution is -0.144. The van der Waals surface area contributed by atoms with E-state index in [9.17, 15) is 18.0 Å². The number of amides is 2. The van der Waals surface area contributed by atoms with Crippen LogP contribution in [0.25, 0.3) is 10.9 Å². The fourth-order valence-corrected chi connectivity index (χ4v) is 6.40. The third-order valence-corrected chi connectivity index (χ3v) is 9.00. The summed E-state index contributed by atoms with van der Waals surface area (Å²) in [6.07, 6.45) is 10.6. The Balaban J connectivity index is 1.21. The highest BCUT2D eigenvalue weighted by Crippen LogP contribution is 2.35. The molecule has 9 heteroatoms. The van der Waals surface area contributed by atoms with Crippen LogP contribution in [-0.4, -0.2) is 61.2 Å². The third kappa shape index (κ3) is 5.45. The zero-order valence-corrected chi connectivity index (χ0v) is 22.9. The SMILES string of the molecule is CC(C)(C(=O)N1CCN(C(=O)c2ccc(NS(=O)(=O)c3cccc4cccnc34)cc2)CC1)C1C=CC=CC1. The molecule has 0 radical (unpaired) electrons. The Labute approximate surface area is 229 Å². The minimum atomic E-state index is -3.88. The number of para-hydroxylation sites is 1. The van der Waals surface area contributed by atoms with E-state index in [-0.39, 0.29) is 22.6 Å². The number of hydrogen-bond donors (Lipinski definition) is 1. The molecule has 0 spiro atoms. The van der Waals surface area contributed by atoms with Gasteiger partial charge in [-0.15, -0.1) is 0 Å². The number of rotatable bonds is 6. The van der Waals surface area contributed by atoms with Gasteiger partial charge in [-0.1, -0.05) is 56.4 Å². The summed E-state index contributed by atoms with van der Waals surface area (Å²) in [5.74, 6) is 0.120. The van der Waals surface area contributed by atoms with Crippen molar-refractivity contribution in [1.82, 2.24) is 14.8 Å². The Morgan fingerprint density at radius 2 is 1.62 bits per heavy atom. The number of piperazine rings is 1. The second-order valence-electron chi connectivity index (χ2n) is 10.5. The van der Waals surface area contributed by atoms with Gasteiger partial charge in [-0.3, -0.25) is 19.3 Å². The molecule has 1 unspecified atom stereocenters. The molecule has 0 bridgehead atoms. The predicted molar refractivity (Wildman–Crippen MR) is 152 cm³/mol. The number of nitrogens with one attached hydrogen (secondary N) is 1. The topological polar surface area (TPSA) is 99.7 Å². The van der Waals surface area contributed by atoms with Gasteiger partial charge in [0.25, 0.3) is 15.9 Å². The summed E-state index contributed by atoms with van der Waals surface area (Å²) < 4.78 is 28.7. The molecule has 1 fully saturated rings. The van der Waals surface area contributed by atoms with E-state index in [4.69, 9.17) is 0 Å². The molecule has 1 aliphatic heterocycles. The fourth-order valence-electron chi connectivity index (χ4n) is 5.16. The monoisotopic (exact) mass is 544 g/mol. The molecule has 2 aromatic carbocycles. The van der Waals surface area contributed by atoms with E-state index < -0.39 is 15.4 Å². The van der Waals surface area contributed by atoms with Crippen LogP contribution >= 0.6 is 0 Å². The second-order valence-corrected chi connectivity index (χ2v) is 12.1. The maximum Gasteiger partial charge on any atom is 0.264 e. The first-order chi connectivity index (χ1) is 18.7. The molecular weight excluding hydrogens is 512 g/mol. The minimum Gasteiger partial charge on any atom is -0.339 e. The van der Waals surface area contributed by atoms with Crippen LogP contribution in [-0.2, 0) is 14.8 Å². The van der Waals surface area contributed by atoms with Crippen LogP contribution in [0.2, 0.25) is 0 Å². The van der Waals surface area contributed by atoms with Crippen LogP contribution in [0, 0.1) is 11.3 Å². The Kier molecular flexibility index (Phi) is 7.27. The molecule has 2 aliphatic rings. The van der Waals surface area contributed by atoms with Gasteiger partial charge >= 0.3 is 0 Å². The Morgan fingerprint density at radius 1 is 0.923 bits per heavy atom. The highest BCUT2D eigenvalue weighted by molar-refractivity contribution is 7.93. The van der Waals surface area contributed by atoms with Crippen LogP contribution < -0.4 is 4.72 Å². The van der Waals surface area contributed by atoms with Crippen molar-refractivity contribution in [3.63, 3.8) is 0 Å². The number of aromatic nitrogens is 1. The number of hydrogen-bond acceptors (Lipinski definition) is 5. The van der Waals surface area contributed by atoms with E-state index in [1.165, 1.54) is 6.07 Å². The molecule has 0 saturated carbocycles. The fraction of sp³-hybridized carbons (Fsp3) is 0.300. The first-order valence-electron chi connectivity index (χ1n) is 13.1. The quantitative estimate of drug-likeness (QED) is 0.493. The Hall–Kier alpha value is -3.98. The van der Waals surface area contributed by atoms with Gasteiger partial charge in [0, 0.05) is 49.0 Å². The van der Waals surface area contributed by atoms with Crippen LogP contribution in [0.5, 0.6) is 0 Å². The minimum absolute atomic E-state index is 0.0901. The summed E-state index contributed by atoms with van der Waals surface area (Å²) in [5, 5.41) is 0.731. The standard InChI is InChI=1S/C30H32N4O4S/c1-30(2,24-10-4-3-5-11-24)29(36)34-20-18-33(19-21-34)28(35)23-13-15-25(16-14-23)32-39(37,38)26-12-6-8-22-9-7-17-31-27(22)26/h3-10,12-17,24,32H,11,18-21H2,1-2H3. The van der Waals surface area contributed by atoms with Crippen molar-refractivity contribution >= 4 is 38.4 Å². The normalized spacial score (nSPS) is 17.8. The van der Waals surface area contributed by atoms with Gasteiger partial charge in [0.05, 0.1) is 10.9 Å². The predicted octanol–water partition coefficient (Wildman–Crippen LogP) is 4.48. The molecule has 8 nitrogen and oxygen atoms in total. The molecule has 5 rings (SSSR count). The second kappa shape index (κ2) is 10.6. The highest BCUT2D eigenvalue weighted by Gasteiger charge is 2.39. The Morgan fingerprint density at radius 3 is 2.31 bits per heavy atom. The van der Waals surface area contributed by atoms with Gasteiger partial charge in [-0.05, 0) is 48.7 Å². The van der Waals surface area contributed by atoms with E-state index in [0.29, 0.717) is 42.9 Å². The van der Waals surface area contributed by atoms with Crippen LogP contribution in [0.1, 0.15) is 30.6 Å². The molecule has 202 valence electrons. The van der Waals surface area contributed by atoms with Crippen molar-refractivity contribution < 1.29 is 18.0 Å². The number of benzene rings is 2. The highest BCUT2D eigenvalue weighted by atomic mass is 32.2. The number of pyridine rings is 1. The average molecular weight is 545 g/mol. The van der Waals surface area contributed by atoms with E-state index in [2.05, 4.69) is 21.9 Å². The number of carbonyl (C=O) groups is 2. The maximum absolute atomic E-state index is 13.3. The smallest absolute Gasteiger partial charge is 0.264 e. The zero-order valence-electron chi connectivity index (χ0n) is 22.1. The van der Waals surface area contributed by atoms with E-state index >= 15 is 0 Å². The molecule has 1 aromatic heterocycles. The molecule has 1 saturated heterocycles. The molecule has 39 heavy (non-hydrogen) atoms. The molecule has 3 aromatic rings. The summed E-state index contributed by atoms with van der Waals surface area (Å²) in [7, 11) is -3.88. The first-order valence-corrected chi connectivity index (χ1v) is 14.5. The largest absolute Gasteiger partial charge is 0.339 e. The molecule has 2 heterocycles. The summed E-state index contributed by atoms with van der Waals surface area (Å²) in [6.45, 7) is 5.85. The van der Waals surface area contributed by atoms with E-state index in [0.717, 1.165) is 11.8 Å². The van der Waals surface area contributed by atoms with Crippen LogP contribution in [0.3, 0.4) is 0 Å². The molecule has 1 aliphatic carbocycles. The van der Waals surface area contributed by atoms with Crippen molar-refractivity contribution in [3.8, 4) is 0 Å². The number of anilines is 1. The molecule has 2 amide bonds. The average Bonchev–Trinajstić information content (AvgIpc) is 2.97. The summed E-state index contributed by atoms with van der Waals surface area (Å²) in [4.78, 5) is 34.4. The van der Waals surface area contributed by atoms with Crippen LogP contribution in [0.4, 0.5) is 5.69 Å². The van der Waals surface area contributed by atoms with Crippen LogP contribution in [0.15, 0.2) is 90.0 Å². The zero-order chi connectivity index (χ0) is 27.6. The molecular formula is C30H32N4O4S. The van der Waals surface area contributed by atoms with Gasteiger partial charge in [-0.2, -0.15) is 0 Å². The number of fused-ring (bicyclic) bond motifs is 1.